The normalized spacial score (nSPS) is 18.0. The number of para-hydroxylation sites is 1. The molecule has 23 heavy (non-hydrogen) atoms. The summed E-state index contributed by atoms with van der Waals surface area (Å²) in [5, 5.41) is 6.20. The Hall–Kier alpha value is -1.75. The summed E-state index contributed by atoms with van der Waals surface area (Å²) in [6.45, 7) is 1.67. The fourth-order valence-electron chi connectivity index (χ4n) is 2.78. The Balaban J connectivity index is 0.00000192. The summed E-state index contributed by atoms with van der Waals surface area (Å²) in [7, 11) is 0. The Morgan fingerprint density at radius 3 is 2.30 bits per heavy atom. The monoisotopic (exact) mass is 337 g/mol. The summed E-state index contributed by atoms with van der Waals surface area (Å²) >= 11 is 0. The van der Waals surface area contributed by atoms with Crippen LogP contribution in [0.4, 0.5) is 5.69 Å². The number of anilines is 1. The number of amides is 2. The molecular formula is C17H24ClN3O2. The first-order valence-electron chi connectivity index (χ1n) is 8.09. The molecule has 1 heterocycles. The molecule has 2 fully saturated rings. The lowest BCUT2D eigenvalue weighted by molar-refractivity contribution is -0.134. The molecule has 0 radical (unpaired) electrons. The van der Waals surface area contributed by atoms with Crippen molar-refractivity contribution in [1.82, 2.24) is 10.2 Å². The molecule has 1 saturated carbocycles. The van der Waals surface area contributed by atoms with Gasteiger partial charge in [-0.2, -0.15) is 0 Å². The van der Waals surface area contributed by atoms with Gasteiger partial charge in [-0.25, -0.2) is 0 Å². The first-order valence-corrected chi connectivity index (χ1v) is 8.09. The van der Waals surface area contributed by atoms with Crippen LogP contribution in [0.15, 0.2) is 30.3 Å². The van der Waals surface area contributed by atoms with Crippen molar-refractivity contribution in [3.8, 4) is 0 Å². The predicted molar refractivity (Wildman–Crippen MR) is 92.6 cm³/mol. The molecule has 0 atom stereocenters. The van der Waals surface area contributed by atoms with Gasteiger partial charge in [0.25, 0.3) is 0 Å². The van der Waals surface area contributed by atoms with E-state index in [1.165, 1.54) is 0 Å². The third-order valence-electron chi connectivity index (χ3n) is 4.36. The number of nitrogens with one attached hydrogen (secondary N) is 2. The molecule has 2 aliphatic rings. The smallest absolute Gasteiger partial charge is 0.241 e. The van der Waals surface area contributed by atoms with Crippen molar-refractivity contribution < 1.29 is 9.59 Å². The number of nitrogens with zero attached hydrogens (tertiary/aromatic N) is 1. The van der Waals surface area contributed by atoms with Gasteiger partial charge in [0.05, 0.1) is 6.54 Å². The van der Waals surface area contributed by atoms with Crippen LogP contribution in [0.25, 0.3) is 0 Å². The molecule has 1 aliphatic heterocycles. The van der Waals surface area contributed by atoms with Crippen LogP contribution in [-0.2, 0) is 9.59 Å². The van der Waals surface area contributed by atoms with E-state index in [2.05, 4.69) is 10.6 Å². The SMILES string of the molecule is Cl.O=C(NC1CC1)C1CCN(C(=O)CNc2ccccc2)CC1. The lowest BCUT2D eigenvalue weighted by atomic mass is 9.96. The van der Waals surface area contributed by atoms with Crippen LogP contribution in [0.3, 0.4) is 0 Å². The fraction of sp³-hybridized carbons (Fsp3) is 0.529. The van der Waals surface area contributed by atoms with Gasteiger partial charge < -0.3 is 15.5 Å². The average molecular weight is 338 g/mol. The van der Waals surface area contributed by atoms with E-state index in [0.717, 1.165) is 31.4 Å². The number of piperidine rings is 1. The van der Waals surface area contributed by atoms with Gasteiger partial charge >= 0.3 is 0 Å². The van der Waals surface area contributed by atoms with Crippen molar-refractivity contribution in [2.24, 2.45) is 5.92 Å². The minimum atomic E-state index is 0. The van der Waals surface area contributed by atoms with Crippen LogP contribution in [-0.4, -0.2) is 42.4 Å². The summed E-state index contributed by atoms with van der Waals surface area (Å²) in [5.41, 5.74) is 0.953. The van der Waals surface area contributed by atoms with Crippen molar-refractivity contribution in [2.75, 3.05) is 25.0 Å². The second-order valence-electron chi connectivity index (χ2n) is 6.16. The Bertz CT molecular complexity index is 526. The van der Waals surface area contributed by atoms with Crippen molar-refractivity contribution in [1.29, 1.82) is 0 Å². The highest BCUT2D eigenvalue weighted by molar-refractivity contribution is 5.85. The maximum absolute atomic E-state index is 12.2. The minimum Gasteiger partial charge on any atom is -0.376 e. The van der Waals surface area contributed by atoms with E-state index in [1.807, 2.05) is 35.2 Å². The van der Waals surface area contributed by atoms with Crippen LogP contribution in [0.2, 0.25) is 0 Å². The molecule has 2 amide bonds. The Labute approximate surface area is 143 Å². The molecular weight excluding hydrogens is 314 g/mol. The van der Waals surface area contributed by atoms with Crippen molar-refractivity contribution in [3.63, 3.8) is 0 Å². The first-order chi connectivity index (χ1) is 10.7. The van der Waals surface area contributed by atoms with Crippen LogP contribution in [0.5, 0.6) is 0 Å². The molecule has 0 unspecified atom stereocenters. The molecule has 1 aliphatic carbocycles. The molecule has 2 N–H and O–H groups in total. The number of rotatable bonds is 5. The van der Waals surface area contributed by atoms with Gasteiger partial charge in [0, 0.05) is 30.7 Å². The largest absolute Gasteiger partial charge is 0.376 e. The molecule has 6 heteroatoms. The number of hydrogen-bond acceptors (Lipinski definition) is 3. The number of benzene rings is 1. The highest BCUT2D eigenvalue weighted by Gasteiger charge is 2.30. The zero-order chi connectivity index (χ0) is 15.4. The van der Waals surface area contributed by atoms with Gasteiger partial charge in [-0.3, -0.25) is 9.59 Å². The Morgan fingerprint density at radius 1 is 1.04 bits per heavy atom. The van der Waals surface area contributed by atoms with E-state index in [4.69, 9.17) is 0 Å². The van der Waals surface area contributed by atoms with Crippen LogP contribution in [0, 0.1) is 5.92 Å². The van der Waals surface area contributed by atoms with E-state index < -0.39 is 0 Å². The van der Waals surface area contributed by atoms with Gasteiger partial charge in [0.2, 0.25) is 11.8 Å². The minimum absolute atomic E-state index is 0. The lowest BCUT2D eigenvalue weighted by Crippen LogP contribution is -2.45. The number of carbonyl (C=O) groups excluding carboxylic acids is 2. The molecule has 0 bridgehead atoms. The zero-order valence-electron chi connectivity index (χ0n) is 13.2. The highest BCUT2D eigenvalue weighted by atomic mass is 35.5. The summed E-state index contributed by atoms with van der Waals surface area (Å²) < 4.78 is 0. The van der Waals surface area contributed by atoms with E-state index in [0.29, 0.717) is 25.7 Å². The topological polar surface area (TPSA) is 61.4 Å². The average Bonchev–Trinajstić information content (AvgIpc) is 3.37. The lowest BCUT2D eigenvalue weighted by Gasteiger charge is -2.31. The summed E-state index contributed by atoms with van der Waals surface area (Å²) in [5.74, 6) is 0.355. The van der Waals surface area contributed by atoms with Crippen LogP contribution >= 0.6 is 12.4 Å². The van der Waals surface area contributed by atoms with E-state index in [-0.39, 0.29) is 30.1 Å². The molecule has 1 saturated heterocycles. The van der Waals surface area contributed by atoms with E-state index in [1.54, 1.807) is 0 Å². The summed E-state index contributed by atoms with van der Waals surface area (Å²) in [4.78, 5) is 26.1. The first kappa shape index (κ1) is 17.6. The number of hydrogen-bond donors (Lipinski definition) is 2. The molecule has 1 aromatic carbocycles. The van der Waals surface area contributed by atoms with Crippen molar-refractivity contribution >= 4 is 29.9 Å². The molecule has 0 spiro atoms. The third-order valence-corrected chi connectivity index (χ3v) is 4.36. The number of likely N-dealkylation sites (tertiary alicyclic amines) is 1. The molecule has 3 rings (SSSR count). The van der Waals surface area contributed by atoms with Gasteiger partial charge in [0.15, 0.2) is 0 Å². The number of carbonyl (C=O) groups is 2. The van der Waals surface area contributed by atoms with Gasteiger partial charge in [-0.15, -0.1) is 12.4 Å². The van der Waals surface area contributed by atoms with Crippen LogP contribution in [0.1, 0.15) is 25.7 Å². The van der Waals surface area contributed by atoms with Gasteiger partial charge in [0.1, 0.15) is 0 Å². The quantitative estimate of drug-likeness (QED) is 0.864. The zero-order valence-corrected chi connectivity index (χ0v) is 14.0. The molecule has 5 nitrogen and oxygen atoms in total. The van der Waals surface area contributed by atoms with Crippen molar-refractivity contribution in [3.05, 3.63) is 30.3 Å². The molecule has 1 aromatic rings. The van der Waals surface area contributed by atoms with Gasteiger partial charge in [-0.1, -0.05) is 18.2 Å². The van der Waals surface area contributed by atoms with E-state index >= 15 is 0 Å². The van der Waals surface area contributed by atoms with Gasteiger partial charge in [-0.05, 0) is 37.8 Å². The molecule has 126 valence electrons. The predicted octanol–water partition coefficient (Wildman–Crippen LogP) is 2.04. The fourth-order valence-corrected chi connectivity index (χ4v) is 2.78. The summed E-state index contributed by atoms with van der Waals surface area (Å²) in [6, 6.07) is 10.1. The summed E-state index contributed by atoms with van der Waals surface area (Å²) in [6.07, 6.45) is 3.79. The third kappa shape index (κ3) is 5.13. The maximum Gasteiger partial charge on any atom is 0.241 e. The highest BCUT2D eigenvalue weighted by Crippen LogP contribution is 2.22. The molecule has 0 aromatic heterocycles. The second kappa shape index (κ2) is 8.20. The number of halogens is 1. The Kier molecular flexibility index (Phi) is 6.28. The van der Waals surface area contributed by atoms with E-state index in [9.17, 15) is 9.59 Å². The van der Waals surface area contributed by atoms with Crippen molar-refractivity contribution in [2.45, 2.75) is 31.7 Å². The second-order valence-corrected chi connectivity index (χ2v) is 6.16. The Morgan fingerprint density at radius 2 is 1.70 bits per heavy atom. The van der Waals surface area contributed by atoms with Crippen LogP contribution < -0.4 is 10.6 Å². The standard InChI is InChI=1S/C17H23N3O2.ClH/c21-16(12-18-14-4-2-1-3-5-14)20-10-8-13(9-11-20)17(22)19-15-6-7-15;/h1-5,13,15,18H,6-12H2,(H,19,22);1H. The maximum atomic E-state index is 12.2.